The number of ether oxygens (including phenoxy) is 1. The number of aromatic amines is 1. The van der Waals surface area contributed by atoms with E-state index in [2.05, 4.69) is 25.5 Å². The maximum atomic E-state index is 5.31. The van der Waals surface area contributed by atoms with E-state index in [1.165, 1.54) is 6.33 Å². The number of fused-ring (bicyclic) bond motifs is 3. The number of benzene rings is 2. The van der Waals surface area contributed by atoms with Crippen LogP contribution >= 0.6 is 0 Å². The van der Waals surface area contributed by atoms with Gasteiger partial charge in [0.1, 0.15) is 23.1 Å². The highest BCUT2D eigenvalue weighted by Gasteiger charge is 2.09. The lowest BCUT2D eigenvalue weighted by Gasteiger charge is -2.03. The van der Waals surface area contributed by atoms with Crippen LogP contribution in [0, 0.1) is 0 Å². The van der Waals surface area contributed by atoms with Crippen molar-refractivity contribution in [1.82, 2.24) is 15.0 Å². The quantitative estimate of drug-likeness (QED) is 0.446. The number of para-hydroxylation sites is 2. The fourth-order valence-corrected chi connectivity index (χ4v) is 2.66. The minimum atomic E-state index is 0.627. The Morgan fingerprint density at radius 1 is 1.08 bits per heavy atom. The van der Waals surface area contributed by atoms with Crippen LogP contribution in [0.3, 0.4) is 0 Å². The SMILES string of the molecule is COc1ccccc1C=NNc1ncnc2c1[nH]c1ccccc12. The number of nitrogens with one attached hydrogen (secondary N) is 2. The zero-order chi connectivity index (χ0) is 16.4. The highest BCUT2D eigenvalue weighted by atomic mass is 16.5. The zero-order valence-corrected chi connectivity index (χ0v) is 13.0. The Labute approximate surface area is 138 Å². The third-order valence-corrected chi connectivity index (χ3v) is 3.80. The molecule has 0 aliphatic heterocycles. The van der Waals surface area contributed by atoms with Crippen LogP contribution < -0.4 is 10.2 Å². The number of rotatable bonds is 4. The lowest BCUT2D eigenvalue weighted by molar-refractivity contribution is 0.414. The molecule has 0 unspecified atom stereocenters. The second kappa shape index (κ2) is 6.00. The summed E-state index contributed by atoms with van der Waals surface area (Å²) in [7, 11) is 1.64. The van der Waals surface area contributed by atoms with E-state index in [1.54, 1.807) is 13.3 Å². The summed E-state index contributed by atoms with van der Waals surface area (Å²) in [6.45, 7) is 0. The molecule has 0 atom stereocenters. The maximum Gasteiger partial charge on any atom is 0.174 e. The summed E-state index contributed by atoms with van der Waals surface area (Å²) in [6, 6.07) is 15.7. The summed E-state index contributed by atoms with van der Waals surface area (Å²) in [4.78, 5) is 12.0. The molecule has 0 saturated heterocycles. The second-order valence-corrected chi connectivity index (χ2v) is 5.23. The molecule has 0 fully saturated rings. The molecule has 6 heteroatoms. The Hall–Kier alpha value is -3.41. The van der Waals surface area contributed by atoms with E-state index in [1.807, 2.05) is 48.5 Å². The number of aromatic nitrogens is 3. The molecule has 0 spiro atoms. The Morgan fingerprint density at radius 2 is 1.92 bits per heavy atom. The summed E-state index contributed by atoms with van der Waals surface area (Å²) < 4.78 is 5.31. The van der Waals surface area contributed by atoms with E-state index in [4.69, 9.17) is 4.74 Å². The van der Waals surface area contributed by atoms with Gasteiger partial charge in [-0.2, -0.15) is 5.10 Å². The molecule has 24 heavy (non-hydrogen) atoms. The summed E-state index contributed by atoms with van der Waals surface area (Å²) in [6.07, 6.45) is 3.24. The van der Waals surface area contributed by atoms with Gasteiger partial charge in [-0.15, -0.1) is 0 Å². The van der Waals surface area contributed by atoms with Crippen LogP contribution in [0.1, 0.15) is 5.56 Å². The summed E-state index contributed by atoms with van der Waals surface area (Å²) in [5.74, 6) is 1.39. The third kappa shape index (κ3) is 2.44. The summed E-state index contributed by atoms with van der Waals surface area (Å²) >= 11 is 0. The first-order chi connectivity index (χ1) is 11.9. The van der Waals surface area contributed by atoms with Gasteiger partial charge in [-0.3, -0.25) is 5.43 Å². The van der Waals surface area contributed by atoms with Gasteiger partial charge in [0, 0.05) is 16.5 Å². The highest BCUT2D eigenvalue weighted by Crippen LogP contribution is 2.26. The molecule has 4 aromatic rings. The minimum absolute atomic E-state index is 0.627. The number of methoxy groups -OCH3 is 1. The first-order valence-electron chi connectivity index (χ1n) is 7.50. The van der Waals surface area contributed by atoms with Crippen LogP contribution in [-0.2, 0) is 0 Å². The second-order valence-electron chi connectivity index (χ2n) is 5.23. The minimum Gasteiger partial charge on any atom is -0.496 e. The van der Waals surface area contributed by atoms with Crippen molar-refractivity contribution in [3.8, 4) is 5.75 Å². The molecule has 0 bridgehead atoms. The van der Waals surface area contributed by atoms with Crippen molar-refractivity contribution in [1.29, 1.82) is 0 Å². The Balaban J connectivity index is 1.69. The number of anilines is 1. The first-order valence-corrected chi connectivity index (χ1v) is 7.50. The molecular formula is C18H15N5O. The normalized spacial score (nSPS) is 11.4. The average molecular weight is 317 g/mol. The summed E-state index contributed by atoms with van der Waals surface area (Å²) in [5, 5.41) is 5.34. The van der Waals surface area contributed by atoms with Crippen molar-refractivity contribution in [3.63, 3.8) is 0 Å². The number of H-pyrrole nitrogens is 1. The lowest BCUT2D eigenvalue weighted by Crippen LogP contribution is -1.96. The fraction of sp³-hybridized carbons (Fsp3) is 0.0556. The van der Waals surface area contributed by atoms with Gasteiger partial charge in [-0.05, 0) is 18.2 Å². The van der Waals surface area contributed by atoms with E-state index < -0.39 is 0 Å². The van der Waals surface area contributed by atoms with Crippen molar-refractivity contribution in [2.24, 2.45) is 5.10 Å². The molecule has 2 aromatic carbocycles. The smallest absolute Gasteiger partial charge is 0.174 e. The van der Waals surface area contributed by atoms with Gasteiger partial charge in [0.15, 0.2) is 5.82 Å². The largest absolute Gasteiger partial charge is 0.496 e. The first kappa shape index (κ1) is 14.2. The van der Waals surface area contributed by atoms with Crippen LogP contribution in [0.5, 0.6) is 5.75 Å². The van der Waals surface area contributed by atoms with E-state index in [0.717, 1.165) is 33.2 Å². The zero-order valence-electron chi connectivity index (χ0n) is 13.0. The number of nitrogens with zero attached hydrogens (tertiary/aromatic N) is 3. The van der Waals surface area contributed by atoms with Crippen LogP contribution in [0.25, 0.3) is 21.9 Å². The topological polar surface area (TPSA) is 75.2 Å². The van der Waals surface area contributed by atoms with E-state index >= 15 is 0 Å². The lowest BCUT2D eigenvalue weighted by atomic mass is 10.2. The van der Waals surface area contributed by atoms with Crippen molar-refractivity contribution in [2.45, 2.75) is 0 Å². The molecule has 2 aromatic heterocycles. The van der Waals surface area contributed by atoms with Crippen molar-refractivity contribution >= 4 is 34.0 Å². The van der Waals surface area contributed by atoms with Crippen LogP contribution in [0.4, 0.5) is 5.82 Å². The summed E-state index contributed by atoms with van der Waals surface area (Å²) in [5.41, 5.74) is 6.58. The van der Waals surface area contributed by atoms with E-state index in [9.17, 15) is 0 Å². The third-order valence-electron chi connectivity index (χ3n) is 3.80. The molecule has 4 rings (SSSR count). The number of hydrazone groups is 1. The standard InChI is InChI=1S/C18H15N5O/c1-24-15-9-5-2-6-12(15)10-21-23-18-17-16(19-11-20-18)13-7-3-4-8-14(13)22-17/h2-11,22H,1H3,(H,19,20,23). The molecule has 0 saturated carbocycles. The van der Waals surface area contributed by atoms with E-state index in [-0.39, 0.29) is 0 Å². The molecule has 2 N–H and O–H groups in total. The monoisotopic (exact) mass is 317 g/mol. The Kier molecular flexibility index (Phi) is 3.55. The Bertz CT molecular complexity index is 1040. The fourth-order valence-electron chi connectivity index (χ4n) is 2.66. The van der Waals surface area contributed by atoms with Gasteiger partial charge >= 0.3 is 0 Å². The molecule has 0 aliphatic carbocycles. The molecule has 6 nitrogen and oxygen atoms in total. The van der Waals surface area contributed by atoms with Gasteiger partial charge < -0.3 is 9.72 Å². The predicted molar refractivity (Wildman–Crippen MR) is 95.6 cm³/mol. The van der Waals surface area contributed by atoms with Crippen LogP contribution in [0.2, 0.25) is 0 Å². The van der Waals surface area contributed by atoms with Gasteiger partial charge in [0.05, 0.1) is 13.3 Å². The number of hydrogen-bond acceptors (Lipinski definition) is 5. The predicted octanol–water partition coefficient (Wildman–Crippen LogP) is 3.57. The molecule has 0 radical (unpaired) electrons. The van der Waals surface area contributed by atoms with Crippen molar-refractivity contribution in [2.75, 3.05) is 12.5 Å². The van der Waals surface area contributed by atoms with Gasteiger partial charge in [0.2, 0.25) is 0 Å². The molecule has 0 aliphatic rings. The van der Waals surface area contributed by atoms with Crippen molar-refractivity contribution in [3.05, 3.63) is 60.4 Å². The highest BCUT2D eigenvalue weighted by molar-refractivity contribution is 6.07. The van der Waals surface area contributed by atoms with Gasteiger partial charge in [0.25, 0.3) is 0 Å². The number of hydrogen-bond donors (Lipinski definition) is 2. The van der Waals surface area contributed by atoms with Crippen LogP contribution in [-0.4, -0.2) is 28.3 Å². The molecular weight excluding hydrogens is 302 g/mol. The average Bonchev–Trinajstić information content (AvgIpc) is 3.02. The van der Waals surface area contributed by atoms with Crippen LogP contribution in [0.15, 0.2) is 60.0 Å². The molecule has 118 valence electrons. The molecule has 0 amide bonds. The molecule has 2 heterocycles. The van der Waals surface area contributed by atoms with Crippen molar-refractivity contribution < 1.29 is 4.74 Å². The Morgan fingerprint density at radius 3 is 2.83 bits per heavy atom. The van der Waals surface area contributed by atoms with Gasteiger partial charge in [-0.1, -0.05) is 30.3 Å². The van der Waals surface area contributed by atoms with E-state index in [0.29, 0.717) is 5.82 Å². The maximum absolute atomic E-state index is 5.31. The van der Waals surface area contributed by atoms with Gasteiger partial charge in [-0.25, -0.2) is 9.97 Å².